The molecule has 2 unspecified atom stereocenters. The number of nitrogens with two attached hydrogens (primary N) is 1. The second-order valence-corrected chi connectivity index (χ2v) is 8.64. The molecule has 1 aromatic carbocycles. The van der Waals surface area contributed by atoms with Crippen LogP contribution in [0.1, 0.15) is 58.9 Å². The molecular weight excluding hydrogens is 372 g/mol. The number of benzene rings is 1. The highest BCUT2D eigenvalue weighted by molar-refractivity contribution is 6.23. The summed E-state index contributed by atoms with van der Waals surface area (Å²) in [5.41, 5.74) is 7.57. The molecule has 3 heterocycles. The summed E-state index contributed by atoms with van der Waals surface area (Å²) in [4.78, 5) is 52.6. The van der Waals surface area contributed by atoms with E-state index < -0.39 is 23.8 Å². The Morgan fingerprint density at radius 1 is 1.17 bits per heavy atom. The highest BCUT2D eigenvalue weighted by atomic mass is 16.2. The number of piperidine rings is 1. The zero-order valence-electron chi connectivity index (χ0n) is 16.6. The normalized spacial score (nSPS) is 27.5. The van der Waals surface area contributed by atoms with Gasteiger partial charge in [0, 0.05) is 19.5 Å². The maximum atomic E-state index is 12.9. The van der Waals surface area contributed by atoms with Crippen molar-refractivity contribution in [1.29, 1.82) is 0 Å². The topological polar surface area (TPSA) is 113 Å². The van der Waals surface area contributed by atoms with Crippen molar-refractivity contribution in [2.75, 3.05) is 19.6 Å². The first-order valence-electron chi connectivity index (χ1n) is 10.1. The van der Waals surface area contributed by atoms with Gasteiger partial charge < -0.3 is 5.73 Å². The number of hydrogen-bond donors (Lipinski definition) is 2. The molecule has 0 radical (unpaired) electrons. The third-order valence-electron chi connectivity index (χ3n) is 6.30. The van der Waals surface area contributed by atoms with Gasteiger partial charge in [-0.25, -0.2) is 0 Å². The number of carbonyl (C=O) groups excluding carboxylic acids is 4. The molecule has 3 aliphatic heterocycles. The fourth-order valence-corrected chi connectivity index (χ4v) is 4.69. The number of amides is 4. The maximum Gasteiger partial charge on any atom is 0.262 e. The summed E-state index contributed by atoms with van der Waals surface area (Å²) in [6, 6.07) is 4.38. The molecule has 0 bridgehead atoms. The van der Waals surface area contributed by atoms with Gasteiger partial charge in [-0.15, -0.1) is 0 Å². The third kappa shape index (κ3) is 3.58. The highest BCUT2D eigenvalue weighted by Crippen LogP contribution is 2.34. The zero-order chi connectivity index (χ0) is 20.8. The van der Waals surface area contributed by atoms with Gasteiger partial charge in [0.2, 0.25) is 11.8 Å². The molecule has 0 aromatic heterocycles. The van der Waals surface area contributed by atoms with E-state index in [0.29, 0.717) is 24.2 Å². The van der Waals surface area contributed by atoms with Crippen molar-refractivity contribution in [3.8, 4) is 0 Å². The van der Waals surface area contributed by atoms with Crippen LogP contribution in [0, 0.1) is 5.41 Å². The van der Waals surface area contributed by atoms with E-state index in [-0.39, 0.29) is 24.2 Å². The van der Waals surface area contributed by atoms with E-state index in [4.69, 9.17) is 5.73 Å². The first-order valence-corrected chi connectivity index (χ1v) is 10.1. The molecule has 29 heavy (non-hydrogen) atoms. The molecule has 3 N–H and O–H groups in total. The van der Waals surface area contributed by atoms with Gasteiger partial charge in [-0.3, -0.25) is 34.3 Å². The average molecular weight is 398 g/mol. The van der Waals surface area contributed by atoms with Crippen molar-refractivity contribution in [2.24, 2.45) is 11.1 Å². The summed E-state index contributed by atoms with van der Waals surface area (Å²) in [6.07, 6.45) is 2.36. The van der Waals surface area contributed by atoms with Crippen molar-refractivity contribution >= 4 is 23.6 Å². The second-order valence-electron chi connectivity index (χ2n) is 8.64. The van der Waals surface area contributed by atoms with E-state index in [2.05, 4.69) is 17.1 Å². The van der Waals surface area contributed by atoms with Crippen molar-refractivity contribution < 1.29 is 19.2 Å². The zero-order valence-corrected chi connectivity index (χ0v) is 16.6. The SMILES string of the molecule is CC1(CCN)CCN(Cc2ccc3c(c2)C(=O)N(C2CCC(=O)NC2=O)C3=O)C1. The number of hydrogen-bond acceptors (Lipinski definition) is 6. The van der Waals surface area contributed by atoms with Crippen molar-refractivity contribution in [3.05, 3.63) is 34.9 Å². The molecule has 0 saturated carbocycles. The van der Waals surface area contributed by atoms with Crippen LogP contribution in [0.4, 0.5) is 0 Å². The molecule has 8 heteroatoms. The number of fused-ring (bicyclic) bond motifs is 1. The Balaban J connectivity index is 1.50. The molecule has 0 aliphatic carbocycles. The van der Waals surface area contributed by atoms with Crippen LogP contribution in [0.5, 0.6) is 0 Å². The van der Waals surface area contributed by atoms with Gasteiger partial charge in [0.15, 0.2) is 0 Å². The van der Waals surface area contributed by atoms with E-state index in [1.807, 2.05) is 6.07 Å². The molecule has 2 fully saturated rings. The number of rotatable bonds is 5. The molecular formula is C21H26N4O4. The minimum atomic E-state index is -0.931. The van der Waals surface area contributed by atoms with Crippen LogP contribution in [0.2, 0.25) is 0 Å². The molecule has 4 amide bonds. The van der Waals surface area contributed by atoms with E-state index in [0.717, 1.165) is 36.4 Å². The summed E-state index contributed by atoms with van der Waals surface area (Å²) >= 11 is 0. The number of likely N-dealkylation sites (tertiary alicyclic amines) is 1. The number of nitrogens with one attached hydrogen (secondary N) is 1. The fourth-order valence-electron chi connectivity index (χ4n) is 4.69. The lowest BCUT2D eigenvalue weighted by Gasteiger charge is -2.27. The molecule has 154 valence electrons. The average Bonchev–Trinajstić information content (AvgIpc) is 3.14. The minimum absolute atomic E-state index is 0.117. The van der Waals surface area contributed by atoms with Crippen LogP contribution in [0.25, 0.3) is 0 Å². The number of imide groups is 2. The Labute approximate surface area is 169 Å². The Morgan fingerprint density at radius 2 is 1.93 bits per heavy atom. The van der Waals surface area contributed by atoms with Gasteiger partial charge >= 0.3 is 0 Å². The third-order valence-corrected chi connectivity index (χ3v) is 6.30. The summed E-state index contributed by atoms with van der Waals surface area (Å²) in [5, 5.41) is 2.21. The minimum Gasteiger partial charge on any atom is -0.330 e. The van der Waals surface area contributed by atoms with Gasteiger partial charge in [0.25, 0.3) is 11.8 Å². The predicted octanol–water partition coefficient (Wildman–Crippen LogP) is 0.649. The van der Waals surface area contributed by atoms with E-state index in [9.17, 15) is 19.2 Å². The van der Waals surface area contributed by atoms with Crippen LogP contribution >= 0.6 is 0 Å². The molecule has 1 aromatic rings. The van der Waals surface area contributed by atoms with Crippen LogP contribution in [0.3, 0.4) is 0 Å². The lowest BCUT2D eigenvalue weighted by atomic mass is 9.86. The highest BCUT2D eigenvalue weighted by Gasteiger charge is 2.44. The van der Waals surface area contributed by atoms with Crippen molar-refractivity contribution in [1.82, 2.24) is 15.1 Å². The van der Waals surface area contributed by atoms with E-state index in [1.165, 1.54) is 0 Å². The van der Waals surface area contributed by atoms with Gasteiger partial charge in [0.05, 0.1) is 11.1 Å². The fraction of sp³-hybridized carbons (Fsp3) is 0.524. The molecule has 8 nitrogen and oxygen atoms in total. The summed E-state index contributed by atoms with van der Waals surface area (Å²) in [5.74, 6) is -1.90. The monoisotopic (exact) mass is 398 g/mol. The second kappa shape index (κ2) is 7.35. The van der Waals surface area contributed by atoms with E-state index in [1.54, 1.807) is 12.1 Å². The number of carbonyl (C=O) groups is 4. The summed E-state index contributed by atoms with van der Waals surface area (Å²) in [6.45, 7) is 5.56. The molecule has 0 spiro atoms. The summed E-state index contributed by atoms with van der Waals surface area (Å²) < 4.78 is 0. The molecule has 2 atom stereocenters. The first-order chi connectivity index (χ1) is 13.8. The Morgan fingerprint density at radius 3 is 2.66 bits per heavy atom. The van der Waals surface area contributed by atoms with Gasteiger partial charge in [-0.2, -0.15) is 0 Å². The quantitative estimate of drug-likeness (QED) is 0.704. The molecule has 3 aliphatic rings. The first kappa shape index (κ1) is 19.7. The lowest BCUT2D eigenvalue weighted by molar-refractivity contribution is -0.136. The van der Waals surface area contributed by atoms with Gasteiger partial charge in [-0.05, 0) is 55.5 Å². The summed E-state index contributed by atoms with van der Waals surface area (Å²) in [7, 11) is 0. The Kier molecular flexibility index (Phi) is 5.00. The Hall–Kier alpha value is -2.58. The Bertz CT molecular complexity index is 899. The largest absolute Gasteiger partial charge is 0.330 e. The van der Waals surface area contributed by atoms with Crippen LogP contribution in [-0.2, 0) is 16.1 Å². The predicted molar refractivity (Wildman–Crippen MR) is 105 cm³/mol. The van der Waals surface area contributed by atoms with Crippen LogP contribution < -0.4 is 11.1 Å². The van der Waals surface area contributed by atoms with Gasteiger partial charge in [0.1, 0.15) is 6.04 Å². The smallest absolute Gasteiger partial charge is 0.262 e. The lowest BCUT2D eigenvalue weighted by Crippen LogP contribution is -2.54. The standard InChI is InChI=1S/C21H26N4O4/c1-21(6-8-22)7-9-24(12-21)11-13-2-3-14-15(10-13)20(29)25(19(14)28)16-4-5-17(26)23-18(16)27/h2-3,10,16H,4-9,11-12,22H2,1H3,(H,23,26,27). The van der Waals surface area contributed by atoms with Crippen molar-refractivity contribution in [3.63, 3.8) is 0 Å². The van der Waals surface area contributed by atoms with Crippen molar-refractivity contribution in [2.45, 2.75) is 45.2 Å². The number of nitrogens with zero attached hydrogens (tertiary/aromatic N) is 2. The molecule has 2 saturated heterocycles. The van der Waals surface area contributed by atoms with Crippen LogP contribution in [0.15, 0.2) is 18.2 Å². The molecule has 4 rings (SSSR count). The van der Waals surface area contributed by atoms with E-state index >= 15 is 0 Å². The maximum absolute atomic E-state index is 12.9. The van der Waals surface area contributed by atoms with Crippen LogP contribution in [-0.4, -0.2) is 59.1 Å². The van der Waals surface area contributed by atoms with Gasteiger partial charge in [-0.1, -0.05) is 13.0 Å².